The van der Waals surface area contributed by atoms with E-state index in [9.17, 15) is 9.59 Å². The first-order chi connectivity index (χ1) is 10.4. The van der Waals surface area contributed by atoms with Gasteiger partial charge in [-0.3, -0.25) is 9.59 Å². The summed E-state index contributed by atoms with van der Waals surface area (Å²) in [6, 6.07) is 0.541. The lowest BCUT2D eigenvalue weighted by molar-refractivity contribution is -0.143. The van der Waals surface area contributed by atoms with Crippen LogP contribution in [0, 0.1) is 5.92 Å². The minimum absolute atomic E-state index is 0.136. The minimum Gasteiger partial charge on any atom is -0.481 e. The van der Waals surface area contributed by atoms with Crippen LogP contribution >= 0.6 is 0 Å². The van der Waals surface area contributed by atoms with Gasteiger partial charge in [0.2, 0.25) is 0 Å². The predicted molar refractivity (Wildman–Crippen MR) is 82.7 cm³/mol. The molecular weight excluding hydrogens is 308 g/mol. The Bertz CT molecular complexity index is 318. The Hall–Kier alpha value is -0.963. The molecule has 0 rings (SSSR count). The first-order valence-corrected chi connectivity index (χ1v) is 9.70. The molecule has 0 aliphatic heterocycles. The van der Waals surface area contributed by atoms with Crippen LogP contribution in [-0.4, -0.2) is 50.8 Å². The van der Waals surface area contributed by atoms with Crippen LogP contribution in [0.2, 0.25) is 6.04 Å². The Morgan fingerprint density at radius 3 is 1.82 bits per heavy atom. The van der Waals surface area contributed by atoms with Crippen LogP contribution in [0.5, 0.6) is 0 Å². The summed E-state index contributed by atoms with van der Waals surface area (Å²) in [5, 5.41) is 17.8. The first-order valence-electron chi connectivity index (χ1n) is 7.77. The zero-order chi connectivity index (χ0) is 17.0. The Balaban J connectivity index is 4.54. The summed E-state index contributed by atoms with van der Waals surface area (Å²) >= 11 is 0. The van der Waals surface area contributed by atoms with Crippen molar-refractivity contribution in [3.05, 3.63) is 0 Å². The van der Waals surface area contributed by atoms with Crippen LogP contribution in [0.4, 0.5) is 0 Å². The van der Waals surface area contributed by atoms with Crippen LogP contribution in [0.15, 0.2) is 0 Å². The normalized spacial score (nSPS) is 13.0. The van der Waals surface area contributed by atoms with E-state index in [1.54, 1.807) is 0 Å². The van der Waals surface area contributed by atoms with Crippen molar-refractivity contribution in [3.63, 3.8) is 0 Å². The summed E-state index contributed by atoms with van der Waals surface area (Å²) in [7, 11) is -2.75. The molecular formula is C14H28O7Si. The molecule has 0 aromatic heterocycles. The Morgan fingerprint density at radius 2 is 1.45 bits per heavy atom. The molecule has 130 valence electrons. The molecule has 0 fully saturated rings. The van der Waals surface area contributed by atoms with E-state index in [1.165, 1.54) is 0 Å². The van der Waals surface area contributed by atoms with Crippen molar-refractivity contribution in [2.24, 2.45) is 5.92 Å². The lowest BCUT2D eigenvalue weighted by Gasteiger charge is -2.28. The van der Waals surface area contributed by atoms with Gasteiger partial charge in [0.1, 0.15) is 0 Å². The molecule has 2 N–H and O–H groups in total. The highest BCUT2D eigenvalue weighted by atomic mass is 28.4. The van der Waals surface area contributed by atoms with Crippen molar-refractivity contribution in [1.82, 2.24) is 0 Å². The Morgan fingerprint density at radius 1 is 0.955 bits per heavy atom. The summed E-state index contributed by atoms with van der Waals surface area (Å²) in [6.07, 6.45) is 0.965. The zero-order valence-electron chi connectivity index (χ0n) is 13.7. The van der Waals surface area contributed by atoms with Crippen molar-refractivity contribution in [3.8, 4) is 0 Å². The minimum atomic E-state index is -2.75. The summed E-state index contributed by atoms with van der Waals surface area (Å²) in [4.78, 5) is 21.7. The van der Waals surface area contributed by atoms with Crippen LogP contribution in [0.25, 0.3) is 0 Å². The smallest absolute Gasteiger partial charge is 0.481 e. The molecule has 0 spiro atoms. The molecule has 0 aromatic rings. The molecule has 0 radical (unpaired) electrons. The quantitative estimate of drug-likeness (QED) is 0.469. The van der Waals surface area contributed by atoms with Crippen LogP contribution < -0.4 is 0 Å². The monoisotopic (exact) mass is 336 g/mol. The highest BCUT2D eigenvalue weighted by molar-refractivity contribution is 6.60. The average Bonchev–Trinajstić information content (AvgIpc) is 2.42. The van der Waals surface area contributed by atoms with Crippen molar-refractivity contribution >= 4 is 20.7 Å². The maximum atomic E-state index is 11.2. The second kappa shape index (κ2) is 11.6. The van der Waals surface area contributed by atoms with Crippen LogP contribution in [0.1, 0.15) is 46.5 Å². The summed E-state index contributed by atoms with van der Waals surface area (Å²) in [6.45, 7) is 7.04. The van der Waals surface area contributed by atoms with Gasteiger partial charge in [0, 0.05) is 32.3 Å². The highest BCUT2D eigenvalue weighted by Crippen LogP contribution is 2.23. The molecule has 0 aliphatic carbocycles. The van der Waals surface area contributed by atoms with Crippen molar-refractivity contribution in [2.45, 2.75) is 52.5 Å². The molecule has 0 saturated heterocycles. The second-order valence-corrected chi connectivity index (χ2v) is 7.57. The van der Waals surface area contributed by atoms with E-state index in [1.807, 2.05) is 20.8 Å². The number of hydrogen-bond donors (Lipinski definition) is 2. The Kier molecular flexibility index (Phi) is 11.1. The summed E-state index contributed by atoms with van der Waals surface area (Å²) in [5.41, 5.74) is 0. The molecule has 22 heavy (non-hydrogen) atoms. The van der Waals surface area contributed by atoms with Gasteiger partial charge in [-0.1, -0.05) is 0 Å². The molecule has 0 aromatic carbocycles. The van der Waals surface area contributed by atoms with E-state index in [2.05, 4.69) is 0 Å². The fourth-order valence-electron chi connectivity index (χ4n) is 2.26. The van der Waals surface area contributed by atoms with Crippen LogP contribution in [0.3, 0.4) is 0 Å². The summed E-state index contributed by atoms with van der Waals surface area (Å²) < 4.78 is 17.1. The highest BCUT2D eigenvalue weighted by Gasteiger charge is 2.40. The molecule has 0 amide bonds. The van der Waals surface area contributed by atoms with Crippen molar-refractivity contribution < 1.29 is 33.1 Å². The Labute approximate surface area is 132 Å². The van der Waals surface area contributed by atoms with Crippen molar-refractivity contribution in [2.75, 3.05) is 19.8 Å². The third-order valence-corrected chi connectivity index (χ3v) is 6.34. The summed E-state index contributed by atoms with van der Waals surface area (Å²) in [5.74, 6) is -2.60. The number of carboxylic acids is 2. The maximum absolute atomic E-state index is 11.2. The number of aliphatic carboxylic acids is 2. The molecule has 0 aliphatic rings. The molecule has 0 heterocycles. The number of carboxylic acid groups (broad SMARTS) is 2. The topological polar surface area (TPSA) is 102 Å². The zero-order valence-corrected chi connectivity index (χ0v) is 14.7. The van der Waals surface area contributed by atoms with Gasteiger partial charge in [-0.15, -0.1) is 0 Å². The maximum Gasteiger partial charge on any atom is 0.500 e. The molecule has 8 heteroatoms. The third-order valence-electron chi connectivity index (χ3n) is 3.18. The predicted octanol–water partition coefficient (Wildman–Crippen LogP) is 2.38. The van der Waals surface area contributed by atoms with E-state index in [-0.39, 0.29) is 12.8 Å². The van der Waals surface area contributed by atoms with Crippen LogP contribution in [-0.2, 0) is 22.9 Å². The van der Waals surface area contributed by atoms with Gasteiger partial charge >= 0.3 is 20.7 Å². The molecule has 0 saturated carbocycles. The largest absolute Gasteiger partial charge is 0.500 e. The molecule has 0 bridgehead atoms. The SMILES string of the molecule is CCO[Si](CCCC(CCC(=O)O)C(=O)O)(OCC)OCC. The number of rotatable bonds is 14. The fourth-order valence-corrected chi connectivity index (χ4v) is 4.89. The fraction of sp³-hybridized carbons (Fsp3) is 0.857. The van der Waals surface area contributed by atoms with Gasteiger partial charge in [-0.05, 0) is 40.0 Å². The first kappa shape index (κ1) is 21.0. The van der Waals surface area contributed by atoms with E-state index in [4.69, 9.17) is 23.5 Å². The third kappa shape index (κ3) is 8.47. The lowest BCUT2D eigenvalue weighted by atomic mass is 9.98. The van der Waals surface area contributed by atoms with Gasteiger partial charge in [0.15, 0.2) is 0 Å². The molecule has 7 nitrogen and oxygen atoms in total. The molecule has 1 unspecified atom stereocenters. The van der Waals surface area contributed by atoms with E-state index in [0.717, 1.165) is 0 Å². The van der Waals surface area contributed by atoms with Gasteiger partial charge in [0.05, 0.1) is 5.92 Å². The number of carbonyl (C=O) groups is 2. The van der Waals surface area contributed by atoms with Gasteiger partial charge in [-0.2, -0.15) is 0 Å². The van der Waals surface area contributed by atoms with E-state index >= 15 is 0 Å². The van der Waals surface area contributed by atoms with Gasteiger partial charge in [0.25, 0.3) is 0 Å². The second-order valence-electron chi connectivity index (χ2n) is 4.84. The van der Waals surface area contributed by atoms with E-state index < -0.39 is 26.7 Å². The number of hydrogen-bond acceptors (Lipinski definition) is 5. The lowest BCUT2D eigenvalue weighted by Crippen LogP contribution is -2.46. The van der Waals surface area contributed by atoms with Crippen molar-refractivity contribution in [1.29, 1.82) is 0 Å². The van der Waals surface area contributed by atoms with Gasteiger partial charge in [-0.25, -0.2) is 0 Å². The van der Waals surface area contributed by atoms with Gasteiger partial charge < -0.3 is 23.5 Å². The molecule has 1 atom stereocenters. The van der Waals surface area contributed by atoms with E-state index in [0.29, 0.717) is 38.7 Å². The standard InChI is InChI=1S/C14H28O7Si/c1-4-19-22(20-5-2,21-6-3)11-7-8-12(14(17)18)9-10-13(15)16/h12H,4-11H2,1-3H3,(H,15,16)(H,17,18). The average molecular weight is 336 g/mol.